The molecule has 6 nitrogen and oxygen atoms in total. The molecular weight excluding hydrogens is 411 g/mol. The molecule has 2 heterocycles. The van der Waals surface area contributed by atoms with Crippen molar-refractivity contribution >= 4 is 16.9 Å². The summed E-state index contributed by atoms with van der Waals surface area (Å²) in [5.74, 6) is -0.185. The summed E-state index contributed by atoms with van der Waals surface area (Å²) in [5.41, 5.74) is 8.91. The van der Waals surface area contributed by atoms with E-state index in [4.69, 9.17) is 19.6 Å². The van der Waals surface area contributed by atoms with Crippen molar-refractivity contribution in [2.75, 3.05) is 6.61 Å². The van der Waals surface area contributed by atoms with Gasteiger partial charge in [0, 0.05) is 34.8 Å². The fourth-order valence-corrected chi connectivity index (χ4v) is 3.58. The van der Waals surface area contributed by atoms with Crippen LogP contribution in [0, 0.1) is 5.82 Å². The van der Waals surface area contributed by atoms with Gasteiger partial charge in [0.25, 0.3) is 0 Å². The number of benzene rings is 2. The molecular formula is C25H23FN2O4. The molecule has 0 bridgehead atoms. The first-order chi connectivity index (χ1) is 15.6. The summed E-state index contributed by atoms with van der Waals surface area (Å²) < 4.78 is 31.7. The highest BCUT2D eigenvalue weighted by Gasteiger charge is 2.17. The average Bonchev–Trinajstić information content (AvgIpc) is 3.27. The highest BCUT2D eigenvalue weighted by molar-refractivity contribution is 5.93. The van der Waals surface area contributed by atoms with E-state index < -0.39 is 5.82 Å². The molecule has 0 radical (unpaired) electrons. The quantitative estimate of drug-likeness (QED) is 0.402. The maximum absolute atomic E-state index is 15.0. The molecule has 0 aliphatic heterocycles. The summed E-state index contributed by atoms with van der Waals surface area (Å²) in [5, 5.41) is 0.825. The lowest BCUT2D eigenvalue weighted by Gasteiger charge is -2.13. The molecule has 0 saturated heterocycles. The second-order valence-corrected chi connectivity index (χ2v) is 7.18. The van der Waals surface area contributed by atoms with Crippen LogP contribution in [0.4, 0.5) is 4.39 Å². The number of fused-ring (bicyclic) bond motifs is 1. The minimum Gasteiger partial charge on any atom is -0.489 e. The number of nitrogens with zero attached hydrogens (tertiary/aromatic N) is 1. The normalized spacial score (nSPS) is 11.0. The van der Waals surface area contributed by atoms with Crippen LogP contribution in [-0.4, -0.2) is 17.6 Å². The number of rotatable bonds is 8. The standard InChI is InChI=1S/C25H23FN2O4/c1-2-30-23(29)13-17-5-3-4-6-22(17)32-15-16-11-18-8-10-31-25(18)20(12-16)19-7-9-28-21(14-27)24(19)26/h3-12H,2,13-15,27H2,1H3. The Morgan fingerprint density at radius 2 is 2.00 bits per heavy atom. The van der Waals surface area contributed by atoms with Gasteiger partial charge in [0.15, 0.2) is 5.82 Å². The van der Waals surface area contributed by atoms with Crippen LogP contribution in [0.25, 0.3) is 22.1 Å². The smallest absolute Gasteiger partial charge is 0.310 e. The number of carbonyl (C=O) groups excluding carboxylic acids is 1. The monoisotopic (exact) mass is 434 g/mol. The Hall–Kier alpha value is -3.71. The van der Waals surface area contributed by atoms with Crippen LogP contribution in [0.2, 0.25) is 0 Å². The third kappa shape index (κ3) is 4.48. The van der Waals surface area contributed by atoms with Gasteiger partial charge in [-0.1, -0.05) is 18.2 Å². The molecule has 32 heavy (non-hydrogen) atoms. The van der Waals surface area contributed by atoms with Crippen LogP contribution in [0.5, 0.6) is 5.75 Å². The highest BCUT2D eigenvalue weighted by atomic mass is 19.1. The van der Waals surface area contributed by atoms with Crippen LogP contribution in [0.1, 0.15) is 23.7 Å². The number of carbonyl (C=O) groups is 1. The second-order valence-electron chi connectivity index (χ2n) is 7.18. The van der Waals surface area contributed by atoms with E-state index in [2.05, 4.69) is 4.98 Å². The van der Waals surface area contributed by atoms with E-state index in [1.54, 1.807) is 19.3 Å². The van der Waals surface area contributed by atoms with Crippen LogP contribution in [-0.2, 0) is 29.1 Å². The van der Waals surface area contributed by atoms with Crippen LogP contribution in [0.15, 0.2) is 65.4 Å². The van der Waals surface area contributed by atoms with Gasteiger partial charge in [-0.05, 0) is 42.8 Å². The Labute approximate surface area is 184 Å². The van der Waals surface area contributed by atoms with E-state index in [9.17, 15) is 9.18 Å². The van der Waals surface area contributed by atoms with Gasteiger partial charge in [-0.3, -0.25) is 9.78 Å². The Morgan fingerprint density at radius 1 is 1.16 bits per heavy atom. The predicted molar refractivity (Wildman–Crippen MR) is 118 cm³/mol. The molecule has 4 aromatic rings. The number of ether oxygens (including phenoxy) is 2. The summed E-state index contributed by atoms with van der Waals surface area (Å²) in [7, 11) is 0. The first kappa shape index (κ1) is 21.5. The molecule has 164 valence electrons. The molecule has 0 unspecified atom stereocenters. The number of pyridine rings is 1. The predicted octanol–water partition coefficient (Wildman–Crippen LogP) is 4.78. The fourth-order valence-electron chi connectivity index (χ4n) is 3.58. The van der Waals surface area contributed by atoms with Crippen molar-refractivity contribution in [3.8, 4) is 16.9 Å². The number of hydrogen-bond acceptors (Lipinski definition) is 6. The fraction of sp³-hybridized carbons (Fsp3) is 0.200. The molecule has 0 saturated carbocycles. The number of para-hydroxylation sites is 1. The van der Waals surface area contributed by atoms with Gasteiger partial charge in [-0.15, -0.1) is 0 Å². The van der Waals surface area contributed by atoms with Crippen molar-refractivity contribution in [3.63, 3.8) is 0 Å². The van der Waals surface area contributed by atoms with E-state index in [0.29, 0.717) is 29.1 Å². The van der Waals surface area contributed by atoms with Gasteiger partial charge in [0.05, 0.1) is 25.0 Å². The van der Waals surface area contributed by atoms with E-state index in [-0.39, 0.29) is 31.2 Å². The number of hydrogen-bond donors (Lipinski definition) is 1. The first-order valence-electron chi connectivity index (χ1n) is 10.3. The van der Waals surface area contributed by atoms with Gasteiger partial charge in [-0.25, -0.2) is 4.39 Å². The van der Waals surface area contributed by atoms with E-state index in [0.717, 1.165) is 16.5 Å². The molecule has 0 spiro atoms. The van der Waals surface area contributed by atoms with Crippen LogP contribution in [0.3, 0.4) is 0 Å². The third-order valence-corrected chi connectivity index (χ3v) is 5.06. The second kappa shape index (κ2) is 9.62. The van der Waals surface area contributed by atoms with Gasteiger partial charge in [-0.2, -0.15) is 0 Å². The zero-order valence-corrected chi connectivity index (χ0v) is 17.6. The summed E-state index contributed by atoms with van der Waals surface area (Å²) in [4.78, 5) is 15.9. The van der Waals surface area contributed by atoms with Crippen molar-refractivity contribution < 1.29 is 23.1 Å². The van der Waals surface area contributed by atoms with Crippen molar-refractivity contribution in [1.82, 2.24) is 4.98 Å². The summed E-state index contributed by atoms with van der Waals surface area (Å²) in [6.45, 7) is 2.32. The molecule has 0 atom stereocenters. The number of aromatic nitrogens is 1. The molecule has 0 aliphatic carbocycles. The number of halogens is 1. The first-order valence-corrected chi connectivity index (χ1v) is 10.3. The molecule has 4 rings (SSSR count). The Bertz CT molecular complexity index is 1250. The SMILES string of the molecule is CCOC(=O)Cc1ccccc1OCc1cc(-c2ccnc(CN)c2F)c2occc2c1. The van der Waals surface area contributed by atoms with Gasteiger partial charge < -0.3 is 19.6 Å². The molecule has 2 aromatic heterocycles. The molecule has 0 amide bonds. The molecule has 0 aliphatic rings. The zero-order valence-electron chi connectivity index (χ0n) is 17.6. The minimum absolute atomic E-state index is 0.00101. The molecule has 7 heteroatoms. The summed E-state index contributed by atoms with van der Waals surface area (Å²) in [6.07, 6.45) is 3.22. The van der Waals surface area contributed by atoms with Gasteiger partial charge in [0.2, 0.25) is 0 Å². The average molecular weight is 434 g/mol. The topological polar surface area (TPSA) is 87.6 Å². The minimum atomic E-state index is -0.467. The van der Waals surface area contributed by atoms with Crippen LogP contribution < -0.4 is 10.5 Å². The van der Waals surface area contributed by atoms with Crippen molar-refractivity contribution in [2.45, 2.75) is 26.5 Å². The lowest BCUT2D eigenvalue weighted by atomic mass is 10.00. The lowest BCUT2D eigenvalue weighted by Crippen LogP contribution is -2.09. The van der Waals surface area contributed by atoms with E-state index in [1.807, 2.05) is 42.5 Å². The summed E-state index contributed by atoms with van der Waals surface area (Å²) >= 11 is 0. The van der Waals surface area contributed by atoms with Crippen LogP contribution >= 0.6 is 0 Å². The Morgan fingerprint density at radius 3 is 2.81 bits per heavy atom. The Balaban J connectivity index is 1.65. The molecule has 0 fully saturated rings. The third-order valence-electron chi connectivity index (χ3n) is 5.06. The number of furan rings is 1. The maximum atomic E-state index is 15.0. The van der Waals surface area contributed by atoms with E-state index >= 15 is 0 Å². The van der Waals surface area contributed by atoms with Gasteiger partial charge in [0.1, 0.15) is 17.9 Å². The maximum Gasteiger partial charge on any atom is 0.310 e. The molecule has 2 N–H and O–H groups in total. The van der Waals surface area contributed by atoms with Crippen molar-refractivity contribution in [1.29, 1.82) is 0 Å². The van der Waals surface area contributed by atoms with Gasteiger partial charge >= 0.3 is 5.97 Å². The number of nitrogens with two attached hydrogens (primary N) is 1. The molecule has 2 aromatic carbocycles. The van der Waals surface area contributed by atoms with E-state index in [1.165, 1.54) is 6.20 Å². The van der Waals surface area contributed by atoms with Crippen molar-refractivity contribution in [2.24, 2.45) is 5.73 Å². The van der Waals surface area contributed by atoms with Crippen molar-refractivity contribution in [3.05, 3.63) is 83.6 Å². The summed E-state index contributed by atoms with van der Waals surface area (Å²) in [6, 6.07) is 14.5. The Kier molecular flexibility index (Phi) is 6.47. The largest absolute Gasteiger partial charge is 0.489 e. The number of esters is 1. The zero-order chi connectivity index (χ0) is 22.5. The lowest BCUT2D eigenvalue weighted by molar-refractivity contribution is -0.142. The highest BCUT2D eigenvalue weighted by Crippen LogP contribution is 2.33.